The number of rotatable bonds is 3. The summed E-state index contributed by atoms with van der Waals surface area (Å²) in [5.41, 5.74) is 0.294. The number of hydrogen-bond acceptors (Lipinski definition) is 2. The molecule has 0 bridgehead atoms. The summed E-state index contributed by atoms with van der Waals surface area (Å²) >= 11 is 5.75. The molecule has 1 aliphatic carbocycles. The Morgan fingerprint density at radius 2 is 2.05 bits per heavy atom. The quantitative estimate of drug-likeness (QED) is 0.887. The molecule has 0 spiro atoms. The van der Waals surface area contributed by atoms with Gasteiger partial charge in [-0.05, 0) is 49.8 Å². The molecular weight excluding hydrogens is 262 g/mol. The number of amides is 1. The molecule has 3 nitrogen and oxygen atoms in total. The fraction of sp³-hybridized carbons (Fsp3) is 0.533. The van der Waals surface area contributed by atoms with E-state index >= 15 is 0 Å². The average Bonchev–Trinajstić information content (AvgIpc) is 2.39. The summed E-state index contributed by atoms with van der Waals surface area (Å²) in [6, 6.07) is 4.80. The first-order valence-corrected chi connectivity index (χ1v) is 7.27. The van der Waals surface area contributed by atoms with Crippen molar-refractivity contribution in [3.63, 3.8) is 0 Å². The number of phenols is 1. The van der Waals surface area contributed by atoms with E-state index < -0.39 is 0 Å². The summed E-state index contributed by atoms with van der Waals surface area (Å²) in [5, 5.41) is 13.2. The predicted molar refractivity (Wildman–Crippen MR) is 76.6 cm³/mol. The van der Waals surface area contributed by atoms with Gasteiger partial charge >= 0.3 is 0 Å². The zero-order chi connectivity index (χ0) is 13.8. The van der Waals surface area contributed by atoms with Crippen LogP contribution in [0.15, 0.2) is 18.2 Å². The van der Waals surface area contributed by atoms with Crippen molar-refractivity contribution < 1.29 is 9.90 Å². The number of benzene rings is 1. The Morgan fingerprint density at radius 3 is 2.63 bits per heavy atom. The van der Waals surface area contributed by atoms with Crippen molar-refractivity contribution in [3.8, 4) is 5.75 Å². The molecule has 1 aliphatic rings. The van der Waals surface area contributed by atoms with E-state index in [0.29, 0.717) is 10.6 Å². The number of halogens is 1. The monoisotopic (exact) mass is 281 g/mol. The Kier molecular flexibility index (Phi) is 4.70. The molecule has 0 aliphatic heterocycles. The maximum Gasteiger partial charge on any atom is 0.255 e. The van der Waals surface area contributed by atoms with Gasteiger partial charge < -0.3 is 10.4 Å². The van der Waals surface area contributed by atoms with Gasteiger partial charge in [0.15, 0.2) is 0 Å². The van der Waals surface area contributed by atoms with Crippen molar-refractivity contribution in [2.45, 2.75) is 45.1 Å². The third-order valence-corrected chi connectivity index (χ3v) is 4.20. The van der Waals surface area contributed by atoms with Gasteiger partial charge in [-0.1, -0.05) is 24.9 Å². The molecule has 2 N–H and O–H groups in total. The predicted octanol–water partition coefficient (Wildman–Crippen LogP) is 3.74. The lowest BCUT2D eigenvalue weighted by atomic mass is 9.84. The minimum absolute atomic E-state index is 0.0627. The van der Waals surface area contributed by atoms with Gasteiger partial charge in [0.1, 0.15) is 5.75 Å². The summed E-state index contributed by atoms with van der Waals surface area (Å²) < 4.78 is 0. The molecule has 104 valence electrons. The molecule has 0 saturated heterocycles. The van der Waals surface area contributed by atoms with Gasteiger partial charge in [0, 0.05) is 11.1 Å². The minimum atomic E-state index is -0.214. The smallest absolute Gasteiger partial charge is 0.255 e. The molecule has 1 fully saturated rings. The van der Waals surface area contributed by atoms with Gasteiger partial charge in [-0.15, -0.1) is 0 Å². The second-order valence-electron chi connectivity index (χ2n) is 5.26. The molecule has 19 heavy (non-hydrogen) atoms. The molecule has 0 aromatic heterocycles. The van der Waals surface area contributed by atoms with Crippen LogP contribution >= 0.6 is 11.6 Å². The highest BCUT2D eigenvalue weighted by Crippen LogP contribution is 2.27. The third-order valence-electron chi connectivity index (χ3n) is 3.96. The Hall–Kier alpha value is -1.22. The van der Waals surface area contributed by atoms with Crippen molar-refractivity contribution in [1.29, 1.82) is 0 Å². The number of nitrogens with one attached hydrogen (secondary N) is 1. The molecule has 4 heteroatoms. The summed E-state index contributed by atoms with van der Waals surface area (Å²) in [5.74, 6) is 0.526. The lowest BCUT2D eigenvalue weighted by Gasteiger charge is -2.28. The van der Waals surface area contributed by atoms with E-state index in [0.717, 1.165) is 18.8 Å². The van der Waals surface area contributed by atoms with E-state index in [1.165, 1.54) is 25.3 Å². The molecule has 1 amide bonds. The van der Waals surface area contributed by atoms with Gasteiger partial charge in [0.25, 0.3) is 5.91 Å². The zero-order valence-electron chi connectivity index (χ0n) is 11.2. The van der Waals surface area contributed by atoms with E-state index in [1.54, 1.807) is 12.1 Å². The minimum Gasteiger partial charge on any atom is -0.507 e. The van der Waals surface area contributed by atoms with Crippen molar-refractivity contribution >= 4 is 17.5 Å². The lowest BCUT2D eigenvalue weighted by Crippen LogP contribution is -2.37. The summed E-state index contributed by atoms with van der Waals surface area (Å²) in [4.78, 5) is 12.1. The number of carbonyl (C=O) groups is 1. The SMILES string of the molecule is CCC1CCC(NC(=O)c2ccc(Cl)cc2O)CC1. The van der Waals surface area contributed by atoms with Crippen LogP contribution < -0.4 is 5.32 Å². The highest BCUT2D eigenvalue weighted by atomic mass is 35.5. The number of hydrogen-bond donors (Lipinski definition) is 2. The van der Waals surface area contributed by atoms with E-state index in [4.69, 9.17) is 11.6 Å². The van der Waals surface area contributed by atoms with Gasteiger partial charge in [-0.3, -0.25) is 4.79 Å². The fourth-order valence-electron chi connectivity index (χ4n) is 2.67. The Morgan fingerprint density at radius 1 is 1.37 bits per heavy atom. The van der Waals surface area contributed by atoms with Gasteiger partial charge in [-0.2, -0.15) is 0 Å². The fourth-order valence-corrected chi connectivity index (χ4v) is 2.84. The highest BCUT2D eigenvalue weighted by molar-refractivity contribution is 6.30. The normalized spacial score (nSPS) is 23.1. The molecule has 1 aromatic carbocycles. The molecule has 0 atom stereocenters. The first-order chi connectivity index (χ1) is 9.10. The van der Waals surface area contributed by atoms with Crippen molar-refractivity contribution in [1.82, 2.24) is 5.32 Å². The standard InChI is InChI=1S/C15H20ClNO2/c1-2-10-3-6-12(7-4-10)17-15(19)13-8-5-11(16)9-14(13)18/h5,8-10,12,18H,2-4,6-7H2,1H3,(H,17,19). The third kappa shape index (κ3) is 3.63. The summed E-state index contributed by atoms with van der Waals surface area (Å²) in [7, 11) is 0. The number of carbonyl (C=O) groups excluding carboxylic acids is 1. The molecular formula is C15H20ClNO2. The highest BCUT2D eigenvalue weighted by Gasteiger charge is 2.22. The van der Waals surface area contributed by atoms with Crippen molar-refractivity contribution in [2.75, 3.05) is 0 Å². The Bertz CT molecular complexity index is 453. The van der Waals surface area contributed by atoms with Crippen LogP contribution in [0.4, 0.5) is 0 Å². The van der Waals surface area contributed by atoms with Crippen LogP contribution in [0.5, 0.6) is 5.75 Å². The molecule has 0 radical (unpaired) electrons. The first-order valence-electron chi connectivity index (χ1n) is 6.89. The van der Waals surface area contributed by atoms with Crippen molar-refractivity contribution in [3.05, 3.63) is 28.8 Å². The van der Waals surface area contributed by atoms with Crippen LogP contribution in [-0.2, 0) is 0 Å². The van der Waals surface area contributed by atoms with Crippen LogP contribution in [0.2, 0.25) is 5.02 Å². The molecule has 0 unspecified atom stereocenters. The maximum absolute atomic E-state index is 12.1. The van der Waals surface area contributed by atoms with E-state index in [9.17, 15) is 9.90 Å². The van der Waals surface area contributed by atoms with Gasteiger partial charge in [-0.25, -0.2) is 0 Å². The lowest BCUT2D eigenvalue weighted by molar-refractivity contribution is 0.0919. The summed E-state index contributed by atoms with van der Waals surface area (Å²) in [6.45, 7) is 2.22. The number of aromatic hydroxyl groups is 1. The van der Waals surface area contributed by atoms with E-state index in [-0.39, 0.29) is 17.7 Å². The van der Waals surface area contributed by atoms with Crippen LogP contribution in [0.1, 0.15) is 49.4 Å². The Labute approximate surface area is 119 Å². The second kappa shape index (κ2) is 6.29. The van der Waals surface area contributed by atoms with E-state index in [1.807, 2.05) is 0 Å². The Balaban J connectivity index is 1.94. The topological polar surface area (TPSA) is 49.3 Å². The van der Waals surface area contributed by atoms with Crippen LogP contribution in [0.3, 0.4) is 0 Å². The van der Waals surface area contributed by atoms with Crippen LogP contribution in [-0.4, -0.2) is 17.1 Å². The molecule has 1 saturated carbocycles. The zero-order valence-corrected chi connectivity index (χ0v) is 11.9. The van der Waals surface area contributed by atoms with Gasteiger partial charge in [0.05, 0.1) is 5.56 Å². The molecule has 2 rings (SSSR count). The molecule has 1 aromatic rings. The summed E-state index contributed by atoms with van der Waals surface area (Å²) in [6.07, 6.45) is 5.62. The number of phenolic OH excluding ortho intramolecular Hbond substituents is 1. The van der Waals surface area contributed by atoms with E-state index in [2.05, 4.69) is 12.2 Å². The van der Waals surface area contributed by atoms with Gasteiger partial charge in [0.2, 0.25) is 0 Å². The maximum atomic E-state index is 12.1. The van der Waals surface area contributed by atoms with Crippen LogP contribution in [0.25, 0.3) is 0 Å². The van der Waals surface area contributed by atoms with Crippen molar-refractivity contribution in [2.24, 2.45) is 5.92 Å². The average molecular weight is 282 g/mol. The first kappa shape index (κ1) is 14.2. The largest absolute Gasteiger partial charge is 0.507 e. The second-order valence-corrected chi connectivity index (χ2v) is 5.70. The molecule has 0 heterocycles. The van der Waals surface area contributed by atoms with Crippen LogP contribution in [0, 0.1) is 5.92 Å².